The lowest BCUT2D eigenvalue weighted by Gasteiger charge is -2.19. The van der Waals surface area contributed by atoms with Crippen LogP contribution in [0.2, 0.25) is 0 Å². The number of ketones is 2. The Morgan fingerprint density at radius 1 is 0.905 bits per heavy atom. The van der Waals surface area contributed by atoms with E-state index in [-0.39, 0.29) is 22.7 Å². The van der Waals surface area contributed by atoms with Gasteiger partial charge in [0, 0.05) is 28.7 Å². The second-order valence-corrected chi connectivity index (χ2v) is 5.11. The van der Waals surface area contributed by atoms with E-state index in [0.29, 0.717) is 17.6 Å². The molecule has 3 heteroatoms. The molecule has 0 amide bonds. The molecule has 0 fully saturated rings. The molecule has 104 valence electrons. The van der Waals surface area contributed by atoms with Crippen LogP contribution in [-0.2, 0) is 6.42 Å². The van der Waals surface area contributed by atoms with E-state index in [1.165, 1.54) is 12.1 Å². The lowest BCUT2D eigenvalue weighted by atomic mass is 9.82. The molecule has 0 spiro atoms. The standard InChI is InChI=1S/C18H13FO2/c1-11-15(9-12-5-3-2-4-6-12)18(21)16-10-13(19)7-8-14(16)17(11)20/h2-8,10H,9H2,1H3. The van der Waals surface area contributed by atoms with E-state index in [9.17, 15) is 14.0 Å². The molecule has 0 saturated carbocycles. The lowest BCUT2D eigenvalue weighted by molar-refractivity contribution is 0.0972. The molecule has 2 aromatic rings. The fourth-order valence-corrected chi connectivity index (χ4v) is 2.59. The van der Waals surface area contributed by atoms with Gasteiger partial charge in [-0.25, -0.2) is 4.39 Å². The van der Waals surface area contributed by atoms with Crippen molar-refractivity contribution in [2.75, 3.05) is 0 Å². The molecule has 0 aromatic heterocycles. The molecule has 2 nitrogen and oxygen atoms in total. The first kappa shape index (κ1) is 13.4. The predicted molar refractivity (Wildman–Crippen MR) is 77.9 cm³/mol. The fraction of sp³-hybridized carbons (Fsp3) is 0.111. The molecule has 3 rings (SSSR count). The smallest absolute Gasteiger partial charge is 0.190 e. The van der Waals surface area contributed by atoms with E-state index in [1.807, 2.05) is 30.3 Å². The Kier molecular flexibility index (Phi) is 3.26. The third kappa shape index (κ3) is 2.31. The van der Waals surface area contributed by atoms with Gasteiger partial charge in [0.1, 0.15) is 5.82 Å². The highest BCUT2D eigenvalue weighted by atomic mass is 19.1. The summed E-state index contributed by atoms with van der Waals surface area (Å²) in [5, 5.41) is 0. The molecule has 0 unspecified atom stereocenters. The average molecular weight is 280 g/mol. The van der Waals surface area contributed by atoms with Gasteiger partial charge in [-0.05, 0) is 30.7 Å². The van der Waals surface area contributed by atoms with Crippen LogP contribution in [0.4, 0.5) is 4.39 Å². The molecule has 0 saturated heterocycles. The van der Waals surface area contributed by atoms with Gasteiger partial charge in [0.15, 0.2) is 11.6 Å². The Bertz CT molecular complexity index is 773. The lowest BCUT2D eigenvalue weighted by Crippen LogP contribution is -2.22. The van der Waals surface area contributed by atoms with Crippen molar-refractivity contribution in [3.05, 3.63) is 82.2 Å². The highest BCUT2D eigenvalue weighted by Crippen LogP contribution is 2.28. The molecule has 2 aromatic carbocycles. The van der Waals surface area contributed by atoms with Crippen molar-refractivity contribution in [1.29, 1.82) is 0 Å². The van der Waals surface area contributed by atoms with Crippen LogP contribution in [0.25, 0.3) is 0 Å². The topological polar surface area (TPSA) is 34.1 Å². The van der Waals surface area contributed by atoms with Crippen molar-refractivity contribution in [3.63, 3.8) is 0 Å². The third-order valence-corrected chi connectivity index (χ3v) is 3.76. The Morgan fingerprint density at radius 2 is 1.62 bits per heavy atom. The monoisotopic (exact) mass is 280 g/mol. The molecule has 0 N–H and O–H groups in total. The molecule has 1 aliphatic carbocycles. The number of allylic oxidation sites excluding steroid dienone is 2. The molecular weight excluding hydrogens is 267 g/mol. The van der Waals surface area contributed by atoms with Crippen LogP contribution in [0.15, 0.2) is 59.7 Å². The second kappa shape index (κ2) is 5.09. The van der Waals surface area contributed by atoms with Crippen LogP contribution < -0.4 is 0 Å². The highest BCUT2D eigenvalue weighted by molar-refractivity contribution is 6.26. The number of hydrogen-bond donors (Lipinski definition) is 0. The average Bonchev–Trinajstić information content (AvgIpc) is 2.50. The quantitative estimate of drug-likeness (QED) is 0.839. The van der Waals surface area contributed by atoms with Crippen LogP contribution in [0.5, 0.6) is 0 Å². The largest absolute Gasteiger partial charge is 0.289 e. The number of Topliss-reactive ketones (excluding diaryl/α,β-unsaturated/α-hetero) is 2. The van der Waals surface area contributed by atoms with Crippen molar-refractivity contribution in [3.8, 4) is 0 Å². The summed E-state index contributed by atoms with van der Waals surface area (Å²) in [6.07, 6.45) is 0.382. The van der Waals surface area contributed by atoms with Gasteiger partial charge in [0.25, 0.3) is 0 Å². The summed E-state index contributed by atoms with van der Waals surface area (Å²) in [5.74, 6) is -0.963. The minimum atomic E-state index is -0.506. The van der Waals surface area contributed by atoms with Gasteiger partial charge in [0.05, 0.1) is 0 Å². The summed E-state index contributed by atoms with van der Waals surface area (Å²) in [4.78, 5) is 24.9. The molecule has 0 radical (unpaired) electrons. The van der Waals surface area contributed by atoms with Crippen LogP contribution in [0, 0.1) is 5.82 Å². The highest BCUT2D eigenvalue weighted by Gasteiger charge is 2.29. The number of carbonyl (C=O) groups is 2. The summed E-state index contributed by atoms with van der Waals surface area (Å²) in [5.41, 5.74) is 2.30. The SMILES string of the molecule is CC1=C(Cc2ccccc2)C(=O)c2cc(F)ccc2C1=O. The van der Waals surface area contributed by atoms with E-state index in [4.69, 9.17) is 0 Å². The Labute approximate surface area is 121 Å². The fourth-order valence-electron chi connectivity index (χ4n) is 2.59. The van der Waals surface area contributed by atoms with Crippen LogP contribution >= 0.6 is 0 Å². The summed E-state index contributed by atoms with van der Waals surface area (Å²) in [6, 6.07) is 13.2. The normalized spacial score (nSPS) is 14.4. The van der Waals surface area contributed by atoms with Gasteiger partial charge in [0.2, 0.25) is 0 Å². The number of carbonyl (C=O) groups excluding carboxylic acids is 2. The zero-order chi connectivity index (χ0) is 15.0. The van der Waals surface area contributed by atoms with E-state index in [1.54, 1.807) is 6.92 Å². The van der Waals surface area contributed by atoms with Crippen molar-refractivity contribution >= 4 is 11.6 Å². The molecule has 21 heavy (non-hydrogen) atoms. The first-order chi connectivity index (χ1) is 10.1. The first-order valence-electron chi connectivity index (χ1n) is 6.70. The number of hydrogen-bond acceptors (Lipinski definition) is 2. The Balaban J connectivity index is 2.07. The molecule has 0 bridgehead atoms. The Hall–Kier alpha value is -2.55. The maximum atomic E-state index is 13.4. The molecule has 0 atom stereocenters. The first-order valence-corrected chi connectivity index (χ1v) is 6.70. The molecular formula is C18H13FO2. The van der Waals surface area contributed by atoms with E-state index in [0.717, 1.165) is 11.6 Å². The number of halogens is 1. The summed E-state index contributed by atoms with van der Waals surface area (Å²) in [7, 11) is 0. The van der Waals surface area contributed by atoms with Crippen LogP contribution in [0.1, 0.15) is 33.2 Å². The van der Waals surface area contributed by atoms with Gasteiger partial charge in [-0.1, -0.05) is 30.3 Å². The van der Waals surface area contributed by atoms with E-state index >= 15 is 0 Å². The van der Waals surface area contributed by atoms with Gasteiger partial charge in [-0.15, -0.1) is 0 Å². The summed E-state index contributed by atoms with van der Waals surface area (Å²) in [6.45, 7) is 1.66. The maximum absolute atomic E-state index is 13.4. The minimum Gasteiger partial charge on any atom is -0.289 e. The number of fused-ring (bicyclic) bond motifs is 1. The third-order valence-electron chi connectivity index (χ3n) is 3.76. The van der Waals surface area contributed by atoms with Crippen molar-refractivity contribution < 1.29 is 14.0 Å². The van der Waals surface area contributed by atoms with Gasteiger partial charge >= 0.3 is 0 Å². The summed E-state index contributed by atoms with van der Waals surface area (Å²) < 4.78 is 13.4. The Morgan fingerprint density at radius 3 is 2.33 bits per heavy atom. The summed E-state index contributed by atoms with van der Waals surface area (Å²) >= 11 is 0. The second-order valence-electron chi connectivity index (χ2n) is 5.11. The predicted octanol–water partition coefficient (Wildman–Crippen LogP) is 3.76. The molecule has 1 aliphatic rings. The molecule has 0 aliphatic heterocycles. The molecule has 0 heterocycles. The number of rotatable bonds is 2. The van der Waals surface area contributed by atoms with Gasteiger partial charge < -0.3 is 0 Å². The maximum Gasteiger partial charge on any atom is 0.190 e. The number of benzene rings is 2. The van der Waals surface area contributed by atoms with Crippen molar-refractivity contribution in [1.82, 2.24) is 0 Å². The minimum absolute atomic E-state index is 0.163. The van der Waals surface area contributed by atoms with Gasteiger partial charge in [-0.2, -0.15) is 0 Å². The van der Waals surface area contributed by atoms with E-state index < -0.39 is 5.82 Å². The van der Waals surface area contributed by atoms with Crippen LogP contribution in [0.3, 0.4) is 0 Å². The zero-order valence-corrected chi connectivity index (χ0v) is 11.5. The van der Waals surface area contributed by atoms with Crippen LogP contribution in [-0.4, -0.2) is 11.6 Å². The van der Waals surface area contributed by atoms with Crippen molar-refractivity contribution in [2.45, 2.75) is 13.3 Å². The van der Waals surface area contributed by atoms with Crippen molar-refractivity contribution in [2.24, 2.45) is 0 Å². The van der Waals surface area contributed by atoms with E-state index in [2.05, 4.69) is 0 Å². The van der Waals surface area contributed by atoms with Gasteiger partial charge in [-0.3, -0.25) is 9.59 Å². The zero-order valence-electron chi connectivity index (χ0n) is 11.5.